The minimum atomic E-state index is 0.635. The highest BCUT2D eigenvalue weighted by Gasteiger charge is 2.03. The van der Waals surface area contributed by atoms with E-state index in [9.17, 15) is 0 Å². The van der Waals surface area contributed by atoms with Crippen molar-refractivity contribution in [3.63, 3.8) is 0 Å². The van der Waals surface area contributed by atoms with Crippen LogP contribution in [0.4, 0.5) is 0 Å². The van der Waals surface area contributed by atoms with Gasteiger partial charge in [0.15, 0.2) is 0 Å². The van der Waals surface area contributed by atoms with E-state index in [1.165, 1.54) is 11.1 Å². The molecule has 0 spiro atoms. The fourth-order valence-electron chi connectivity index (χ4n) is 1.79. The van der Waals surface area contributed by atoms with Crippen LogP contribution in [0.5, 0.6) is 0 Å². The molecule has 1 heterocycles. The summed E-state index contributed by atoms with van der Waals surface area (Å²) in [5.41, 5.74) is 9.25. The van der Waals surface area contributed by atoms with Gasteiger partial charge in [0.25, 0.3) is 0 Å². The molecule has 0 fully saturated rings. The molecular weight excluding hydrogens is 198 g/mol. The molecule has 0 atom stereocenters. The molecule has 3 heteroatoms. The Labute approximate surface area is 95.9 Å². The van der Waals surface area contributed by atoms with Crippen molar-refractivity contribution in [1.82, 2.24) is 9.55 Å². The third-order valence-corrected chi connectivity index (χ3v) is 2.74. The van der Waals surface area contributed by atoms with Crippen molar-refractivity contribution in [1.29, 1.82) is 0 Å². The van der Waals surface area contributed by atoms with Gasteiger partial charge in [-0.05, 0) is 17.5 Å². The molecule has 0 unspecified atom stereocenters. The van der Waals surface area contributed by atoms with E-state index < -0.39 is 0 Å². The van der Waals surface area contributed by atoms with E-state index in [4.69, 9.17) is 5.73 Å². The molecule has 0 bridgehead atoms. The molecule has 0 aliphatic heterocycles. The van der Waals surface area contributed by atoms with Gasteiger partial charge in [-0.2, -0.15) is 0 Å². The molecular formula is C13H17N3. The fraction of sp³-hybridized carbons (Fsp3) is 0.308. The maximum atomic E-state index is 5.56. The van der Waals surface area contributed by atoms with Crippen LogP contribution in [0.2, 0.25) is 0 Å². The number of aromatic nitrogens is 2. The first kappa shape index (κ1) is 10.9. The molecule has 0 radical (unpaired) electrons. The van der Waals surface area contributed by atoms with Gasteiger partial charge in [-0.25, -0.2) is 4.98 Å². The fourth-order valence-corrected chi connectivity index (χ4v) is 1.79. The van der Waals surface area contributed by atoms with Crippen molar-refractivity contribution >= 4 is 0 Å². The van der Waals surface area contributed by atoms with E-state index in [1.54, 1.807) is 0 Å². The van der Waals surface area contributed by atoms with E-state index in [0.29, 0.717) is 6.54 Å². The number of hydrogen-bond acceptors (Lipinski definition) is 2. The van der Waals surface area contributed by atoms with Crippen molar-refractivity contribution in [3.05, 3.63) is 42.4 Å². The first-order chi connectivity index (χ1) is 7.85. The molecule has 2 aromatic rings. The van der Waals surface area contributed by atoms with Crippen molar-refractivity contribution < 1.29 is 0 Å². The van der Waals surface area contributed by atoms with Crippen LogP contribution in [-0.2, 0) is 13.0 Å². The van der Waals surface area contributed by atoms with Gasteiger partial charge in [0.2, 0.25) is 0 Å². The lowest BCUT2D eigenvalue weighted by atomic mass is 10.1. The van der Waals surface area contributed by atoms with Gasteiger partial charge in [-0.3, -0.25) is 0 Å². The van der Waals surface area contributed by atoms with Crippen LogP contribution in [0.15, 0.2) is 36.8 Å². The summed E-state index contributed by atoms with van der Waals surface area (Å²) in [5.74, 6) is 0. The minimum Gasteiger partial charge on any atom is -0.329 e. The third kappa shape index (κ3) is 2.14. The molecule has 2 N–H and O–H groups in total. The highest BCUT2D eigenvalue weighted by Crippen LogP contribution is 2.19. The third-order valence-electron chi connectivity index (χ3n) is 2.74. The van der Waals surface area contributed by atoms with E-state index >= 15 is 0 Å². The predicted molar refractivity (Wildman–Crippen MR) is 66.1 cm³/mol. The Morgan fingerprint density at radius 1 is 1.25 bits per heavy atom. The maximum absolute atomic E-state index is 5.56. The van der Waals surface area contributed by atoms with Crippen LogP contribution >= 0.6 is 0 Å². The highest BCUT2D eigenvalue weighted by atomic mass is 15.0. The SMILES string of the molecule is CCc1ccc(-c2cncn2CCN)cc1. The molecule has 0 saturated carbocycles. The molecule has 1 aromatic heterocycles. The summed E-state index contributed by atoms with van der Waals surface area (Å²) in [4.78, 5) is 4.17. The number of aryl methyl sites for hydroxylation is 1. The number of rotatable bonds is 4. The number of nitrogens with two attached hydrogens (primary N) is 1. The van der Waals surface area contributed by atoms with Gasteiger partial charge in [0.05, 0.1) is 18.2 Å². The van der Waals surface area contributed by atoms with Crippen LogP contribution < -0.4 is 5.73 Å². The Kier molecular flexibility index (Phi) is 3.37. The lowest BCUT2D eigenvalue weighted by Crippen LogP contribution is -2.09. The number of nitrogens with zero attached hydrogens (tertiary/aromatic N) is 2. The second kappa shape index (κ2) is 4.94. The lowest BCUT2D eigenvalue weighted by Gasteiger charge is -2.07. The summed E-state index contributed by atoms with van der Waals surface area (Å²) in [7, 11) is 0. The Bertz CT molecular complexity index is 442. The van der Waals surface area contributed by atoms with Crippen LogP contribution in [0.1, 0.15) is 12.5 Å². The van der Waals surface area contributed by atoms with Crippen molar-refractivity contribution in [2.24, 2.45) is 5.73 Å². The normalized spacial score (nSPS) is 10.6. The zero-order valence-electron chi connectivity index (χ0n) is 9.56. The van der Waals surface area contributed by atoms with Gasteiger partial charge in [0, 0.05) is 13.1 Å². The minimum absolute atomic E-state index is 0.635. The maximum Gasteiger partial charge on any atom is 0.0951 e. The average Bonchev–Trinajstić information content (AvgIpc) is 2.78. The van der Waals surface area contributed by atoms with E-state index in [-0.39, 0.29) is 0 Å². The summed E-state index contributed by atoms with van der Waals surface area (Å²) >= 11 is 0. The van der Waals surface area contributed by atoms with Crippen LogP contribution in [0.3, 0.4) is 0 Å². The monoisotopic (exact) mass is 215 g/mol. The Morgan fingerprint density at radius 2 is 2.00 bits per heavy atom. The van der Waals surface area contributed by atoms with E-state index in [1.807, 2.05) is 12.5 Å². The average molecular weight is 215 g/mol. The van der Waals surface area contributed by atoms with Gasteiger partial charge in [-0.1, -0.05) is 31.2 Å². The van der Waals surface area contributed by atoms with E-state index in [0.717, 1.165) is 18.7 Å². The Balaban J connectivity index is 2.31. The summed E-state index contributed by atoms with van der Waals surface area (Å²) in [6.07, 6.45) is 4.79. The zero-order valence-corrected chi connectivity index (χ0v) is 9.56. The van der Waals surface area contributed by atoms with Gasteiger partial charge in [0.1, 0.15) is 0 Å². The standard InChI is InChI=1S/C13H17N3/c1-2-11-3-5-12(6-4-11)13-9-15-10-16(13)8-7-14/h3-6,9-10H,2,7-8,14H2,1H3. The van der Waals surface area contributed by atoms with Crippen molar-refractivity contribution in [2.45, 2.75) is 19.9 Å². The molecule has 1 aromatic carbocycles. The number of hydrogen-bond donors (Lipinski definition) is 1. The molecule has 0 amide bonds. The molecule has 0 aliphatic rings. The van der Waals surface area contributed by atoms with Gasteiger partial charge < -0.3 is 10.3 Å². The second-order valence-electron chi connectivity index (χ2n) is 3.81. The molecule has 16 heavy (non-hydrogen) atoms. The Morgan fingerprint density at radius 3 is 2.62 bits per heavy atom. The van der Waals surface area contributed by atoms with Crippen molar-refractivity contribution in [2.75, 3.05) is 6.54 Å². The van der Waals surface area contributed by atoms with Gasteiger partial charge in [-0.15, -0.1) is 0 Å². The molecule has 84 valence electrons. The van der Waals surface area contributed by atoms with E-state index in [2.05, 4.69) is 40.7 Å². The summed E-state index contributed by atoms with van der Waals surface area (Å²) in [6.45, 7) is 3.61. The quantitative estimate of drug-likeness (QED) is 0.848. The van der Waals surface area contributed by atoms with Gasteiger partial charge >= 0.3 is 0 Å². The van der Waals surface area contributed by atoms with Crippen LogP contribution in [-0.4, -0.2) is 16.1 Å². The first-order valence-electron chi connectivity index (χ1n) is 5.64. The highest BCUT2D eigenvalue weighted by molar-refractivity contribution is 5.59. The smallest absolute Gasteiger partial charge is 0.0951 e. The lowest BCUT2D eigenvalue weighted by molar-refractivity contribution is 0.714. The zero-order chi connectivity index (χ0) is 11.4. The summed E-state index contributed by atoms with van der Waals surface area (Å²) in [5, 5.41) is 0. The Hall–Kier alpha value is -1.61. The molecule has 2 rings (SSSR count). The topological polar surface area (TPSA) is 43.8 Å². The molecule has 0 saturated heterocycles. The van der Waals surface area contributed by atoms with Crippen molar-refractivity contribution in [3.8, 4) is 11.3 Å². The second-order valence-corrected chi connectivity index (χ2v) is 3.81. The number of benzene rings is 1. The predicted octanol–water partition coefficient (Wildman–Crippen LogP) is 2.07. The number of imidazole rings is 1. The largest absolute Gasteiger partial charge is 0.329 e. The summed E-state index contributed by atoms with van der Waals surface area (Å²) < 4.78 is 2.08. The van der Waals surface area contributed by atoms with Crippen LogP contribution in [0.25, 0.3) is 11.3 Å². The molecule has 3 nitrogen and oxygen atoms in total. The van der Waals surface area contributed by atoms with Crippen LogP contribution in [0, 0.1) is 0 Å². The molecule has 0 aliphatic carbocycles. The first-order valence-corrected chi connectivity index (χ1v) is 5.64. The summed E-state index contributed by atoms with van der Waals surface area (Å²) in [6, 6.07) is 8.61.